The van der Waals surface area contributed by atoms with Gasteiger partial charge in [-0.15, -0.1) is 10.2 Å². The van der Waals surface area contributed by atoms with Crippen LogP contribution in [0, 0.1) is 12.1 Å². The van der Waals surface area contributed by atoms with Gasteiger partial charge in [-0.05, 0) is 15.9 Å². The molecule has 0 aromatic carbocycles. The first-order valence-electron chi connectivity index (χ1n) is 1.85. The SMILES string of the molecule is Fc1cc(Br)[c]nn1. The second-order valence-corrected chi connectivity index (χ2v) is 1.98. The van der Waals surface area contributed by atoms with Crippen molar-refractivity contribution in [2.24, 2.45) is 0 Å². The van der Waals surface area contributed by atoms with E-state index in [1.165, 1.54) is 6.07 Å². The molecule has 0 bridgehead atoms. The monoisotopic (exact) mass is 175 g/mol. The maximum atomic E-state index is 11.9. The molecule has 41 valence electrons. The zero-order chi connectivity index (χ0) is 5.98. The topological polar surface area (TPSA) is 25.8 Å². The molecule has 1 radical (unpaired) electrons. The van der Waals surface area contributed by atoms with E-state index >= 15 is 0 Å². The van der Waals surface area contributed by atoms with Gasteiger partial charge in [-0.1, -0.05) is 0 Å². The Bertz CT molecular complexity index is 174. The molecule has 0 aliphatic heterocycles. The predicted molar refractivity (Wildman–Crippen MR) is 28.5 cm³/mol. The summed E-state index contributed by atoms with van der Waals surface area (Å²) < 4.78 is 12.4. The molecule has 0 unspecified atom stereocenters. The third kappa shape index (κ3) is 1.23. The molecule has 1 aromatic rings. The Morgan fingerprint density at radius 2 is 2.50 bits per heavy atom. The van der Waals surface area contributed by atoms with Gasteiger partial charge in [0, 0.05) is 6.07 Å². The average molecular weight is 176 g/mol. The third-order valence-electron chi connectivity index (χ3n) is 0.548. The molecule has 0 atom stereocenters. The van der Waals surface area contributed by atoms with E-state index in [4.69, 9.17) is 0 Å². The Hall–Kier alpha value is -0.510. The van der Waals surface area contributed by atoms with Crippen molar-refractivity contribution in [3.8, 4) is 0 Å². The Labute approximate surface area is 53.9 Å². The van der Waals surface area contributed by atoms with Crippen molar-refractivity contribution in [3.05, 3.63) is 22.7 Å². The van der Waals surface area contributed by atoms with Crippen LogP contribution in [0.15, 0.2) is 10.5 Å². The molecule has 1 rings (SSSR count). The Morgan fingerprint density at radius 1 is 1.75 bits per heavy atom. The summed E-state index contributed by atoms with van der Waals surface area (Å²) in [5, 5.41) is 6.22. The molecular weight excluding hydrogens is 175 g/mol. The lowest BCUT2D eigenvalue weighted by molar-refractivity contribution is 0.561. The lowest BCUT2D eigenvalue weighted by atomic mass is 10.6. The lowest BCUT2D eigenvalue weighted by Crippen LogP contribution is -1.84. The smallest absolute Gasteiger partial charge is 0.183 e. The summed E-state index contributed by atoms with van der Waals surface area (Å²) in [7, 11) is 0. The van der Waals surface area contributed by atoms with E-state index in [0.717, 1.165) is 0 Å². The standard InChI is InChI=1S/C4HBrFN2/c5-3-1-4(6)8-7-2-3/h1H. The molecule has 0 spiro atoms. The van der Waals surface area contributed by atoms with Crippen molar-refractivity contribution < 1.29 is 4.39 Å². The summed E-state index contributed by atoms with van der Waals surface area (Å²) in [6.45, 7) is 0. The molecule has 0 aliphatic carbocycles. The molecule has 0 saturated carbocycles. The van der Waals surface area contributed by atoms with Crippen LogP contribution in [0.25, 0.3) is 0 Å². The summed E-state index contributed by atoms with van der Waals surface area (Å²) in [6, 6.07) is 1.19. The highest BCUT2D eigenvalue weighted by Gasteiger charge is 1.90. The average Bonchev–Trinajstić information content (AvgIpc) is 1.64. The normalized spacial score (nSPS) is 9.25. The summed E-state index contributed by atoms with van der Waals surface area (Å²) >= 11 is 2.96. The van der Waals surface area contributed by atoms with Crippen LogP contribution in [0.4, 0.5) is 4.39 Å². The molecule has 1 aromatic heterocycles. The minimum absolute atomic E-state index is 0.477. The number of nitrogens with zero attached hydrogens (tertiary/aromatic N) is 2. The Balaban J connectivity index is 3.08. The fourth-order valence-electron chi connectivity index (χ4n) is 0.286. The van der Waals surface area contributed by atoms with E-state index in [1.54, 1.807) is 0 Å². The fraction of sp³-hybridized carbons (Fsp3) is 0. The summed E-state index contributed by atoms with van der Waals surface area (Å²) in [5.74, 6) is -0.601. The van der Waals surface area contributed by atoms with E-state index in [1.807, 2.05) is 0 Å². The van der Waals surface area contributed by atoms with Crippen molar-refractivity contribution >= 4 is 15.9 Å². The van der Waals surface area contributed by atoms with Crippen LogP contribution in [-0.2, 0) is 0 Å². The minimum atomic E-state index is -0.601. The summed E-state index contributed by atoms with van der Waals surface area (Å²) in [6.07, 6.45) is 2.39. The molecule has 0 amide bonds. The van der Waals surface area contributed by atoms with E-state index < -0.39 is 5.95 Å². The second-order valence-electron chi connectivity index (χ2n) is 1.13. The van der Waals surface area contributed by atoms with Gasteiger partial charge in [0.2, 0.25) is 5.95 Å². The Morgan fingerprint density at radius 3 is 2.88 bits per heavy atom. The van der Waals surface area contributed by atoms with Gasteiger partial charge in [0.25, 0.3) is 0 Å². The third-order valence-corrected chi connectivity index (χ3v) is 0.954. The van der Waals surface area contributed by atoms with E-state index in [-0.39, 0.29) is 0 Å². The first-order valence-corrected chi connectivity index (χ1v) is 2.65. The quantitative estimate of drug-likeness (QED) is 0.592. The number of hydrogen-bond donors (Lipinski definition) is 0. The number of hydrogen-bond acceptors (Lipinski definition) is 2. The van der Waals surface area contributed by atoms with Gasteiger partial charge in [0.05, 0.1) is 4.47 Å². The van der Waals surface area contributed by atoms with Crippen LogP contribution in [0.5, 0.6) is 0 Å². The number of rotatable bonds is 0. The number of aromatic nitrogens is 2. The van der Waals surface area contributed by atoms with E-state index in [9.17, 15) is 4.39 Å². The van der Waals surface area contributed by atoms with Gasteiger partial charge in [-0.25, -0.2) is 0 Å². The van der Waals surface area contributed by atoms with Gasteiger partial charge in [-0.2, -0.15) is 4.39 Å². The maximum Gasteiger partial charge on any atom is 0.234 e. The first-order chi connectivity index (χ1) is 3.79. The predicted octanol–water partition coefficient (Wildman–Crippen LogP) is 1.18. The van der Waals surface area contributed by atoms with Crippen molar-refractivity contribution in [3.63, 3.8) is 0 Å². The second kappa shape index (κ2) is 2.17. The molecule has 0 aliphatic rings. The first kappa shape index (κ1) is 5.62. The van der Waals surface area contributed by atoms with Crippen molar-refractivity contribution in [1.82, 2.24) is 10.2 Å². The van der Waals surface area contributed by atoms with Gasteiger partial charge < -0.3 is 0 Å². The lowest BCUT2D eigenvalue weighted by Gasteiger charge is -1.82. The molecule has 8 heavy (non-hydrogen) atoms. The van der Waals surface area contributed by atoms with Crippen molar-refractivity contribution in [1.29, 1.82) is 0 Å². The zero-order valence-electron chi connectivity index (χ0n) is 3.73. The van der Waals surface area contributed by atoms with Crippen molar-refractivity contribution in [2.45, 2.75) is 0 Å². The highest BCUT2D eigenvalue weighted by molar-refractivity contribution is 9.10. The summed E-state index contributed by atoms with van der Waals surface area (Å²) in [5.41, 5.74) is 0. The van der Waals surface area contributed by atoms with Crippen LogP contribution >= 0.6 is 15.9 Å². The highest BCUT2D eigenvalue weighted by Crippen LogP contribution is 2.04. The van der Waals surface area contributed by atoms with E-state index in [0.29, 0.717) is 4.47 Å². The van der Waals surface area contributed by atoms with E-state index in [2.05, 4.69) is 32.3 Å². The van der Waals surface area contributed by atoms with Crippen LogP contribution in [0.1, 0.15) is 0 Å². The molecule has 2 nitrogen and oxygen atoms in total. The Kier molecular flexibility index (Phi) is 1.53. The maximum absolute atomic E-state index is 11.9. The van der Waals surface area contributed by atoms with Crippen LogP contribution in [0.3, 0.4) is 0 Å². The van der Waals surface area contributed by atoms with Gasteiger partial charge in [-0.3, -0.25) is 0 Å². The molecule has 0 saturated heterocycles. The van der Waals surface area contributed by atoms with Crippen LogP contribution < -0.4 is 0 Å². The largest absolute Gasteiger partial charge is 0.234 e. The molecule has 1 heterocycles. The molecular formula is C4HBrFN2. The van der Waals surface area contributed by atoms with Gasteiger partial charge in [0.1, 0.15) is 6.20 Å². The molecule has 4 heteroatoms. The molecule has 0 N–H and O–H groups in total. The van der Waals surface area contributed by atoms with Gasteiger partial charge >= 0.3 is 0 Å². The zero-order valence-corrected chi connectivity index (χ0v) is 5.31. The summed E-state index contributed by atoms with van der Waals surface area (Å²) in [4.78, 5) is 0. The van der Waals surface area contributed by atoms with Crippen LogP contribution in [-0.4, -0.2) is 10.2 Å². The number of halogens is 2. The molecule has 0 fully saturated rings. The van der Waals surface area contributed by atoms with Crippen LogP contribution in [0.2, 0.25) is 0 Å². The minimum Gasteiger partial charge on any atom is -0.183 e. The fourth-order valence-corrected chi connectivity index (χ4v) is 0.554. The highest BCUT2D eigenvalue weighted by atomic mass is 79.9. The van der Waals surface area contributed by atoms with Gasteiger partial charge in [0.15, 0.2) is 0 Å². The van der Waals surface area contributed by atoms with Crippen molar-refractivity contribution in [2.75, 3.05) is 0 Å².